The van der Waals surface area contributed by atoms with Gasteiger partial charge in [0.1, 0.15) is 17.5 Å². The Morgan fingerprint density at radius 2 is 2.10 bits per heavy atom. The molecule has 114 valence electrons. The lowest BCUT2D eigenvalue weighted by atomic mass is 10.2. The monoisotopic (exact) mass is 283 g/mol. The molecule has 7 nitrogen and oxygen atoms in total. The summed E-state index contributed by atoms with van der Waals surface area (Å²) < 4.78 is 5.11. The molecule has 20 heavy (non-hydrogen) atoms. The summed E-state index contributed by atoms with van der Waals surface area (Å²) in [4.78, 5) is 11.0. The highest BCUT2D eigenvalue weighted by Gasteiger charge is 2.16. The zero-order chi connectivity index (χ0) is 15.0. The van der Waals surface area contributed by atoms with Gasteiger partial charge >= 0.3 is 0 Å². The molecule has 0 unspecified atom stereocenters. The van der Waals surface area contributed by atoms with E-state index in [4.69, 9.17) is 10.6 Å². The molecule has 0 radical (unpaired) electrons. The Bertz CT molecular complexity index is 414. The Morgan fingerprint density at radius 1 is 1.35 bits per heavy atom. The van der Waals surface area contributed by atoms with Gasteiger partial charge in [-0.2, -0.15) is 0 Å². The summed E-state index contributed by atoms with van der Waals surface area (Å²) in [5.41, 5.74) is 3.49. The molecule has 4 N–H and O–H groups in total. The first kappa shape index (κ1) is 16.6. The van der Waals surface area contributed by atoms with Crippen LogP contribution in [0.2, 0.25) is 0 Å². The molecule has 1 rings (SSSR count). The normalized spacial score (nSPS) is 10.7. The van der Waals surface area contributed by atoms with Crippen LogP contribution in [0.15, 0.2) is 0 Å². The first-order chi connectivity index (χ1) is 9.67. The fraction of sp³-hybridized carbons (Fsp3) is 0.692. The lowest BCUT2D eigenvalue weighted by molar-refractivity contribution is 0.202. The van der Waals surface area contributed by atoms with Crippen LogP contribution in [0.25, 0.3) is 0 Å². The molecule has 0 aliphatic heterocycles. The largest absolute Gasteiger partial charge is 0.395 e. The SMILES string of the molecule is CCCc1nc(NN)c(C)c(N(CCO)CCOC)n1. The highest BCUT2D eigenvalue weighted by Crippen LogP contribution is 2.23. The number of nitrogen functional groups attached to an aromatic ring is 1. The van der Waals surface area contributed by atoms with Gasteiger partial charge in [0.2, 0.25) is 0 Å². The van der Waals surface area contributed by atoms with Gasteiger partial charge < -0.3 is 20.2 Å². The van der Waals surface area contributed by atoms with Gasteiger partial charge in [0.15, 0.2) is 0 Å². The summed E-state index contributed by atoms with van der Waals surface area (Å²) in [6.45, 7) is 5.77. The van der Waals surface area contributed by atoms with Crippen LogP contribution in [0, 0.1) is 6.92 Å². The number of hydrazine groups is 1. The number of nitrogens with one attached hydrogen (secondary N) is 1. The minimum Gasteiger partial charge on any atom is -0.395 e. The lowest BCUT2D eigenvalue weighted by Crippen LogP contribution is -2.32. The van der Waals surface area contributed by atoms with E-state index in [9.17, 15) is 5.11 Å². The molecule has 0 saturated heterocycles. The van der Waals surface area contributed by atoms with Crippen LogP contribution in [-0.2, 0) is 11.2 Å². The Morgan fingerprint density at radius 3 is 2.65 bits per heavy atom. The van der Waals surface area contributed by atoms with Crippen LogP contribution in [0.3, 0.4) is 0 Å². The summed E-state index contributed by atoms with van der Waals surface area (Å²) in [6, 6.07) is 0. The number of aliphatic hydroxyl groups is 1. The van der Waals surface area contributed by atoms with E-state index in [1.165, 1.54) is 0 Å². The number of methoxy groups -OCH3 is 1. The second-order valence-corrected chi connectivity index (χ2v) is 4.53. The minimum absolute atomic E-state index is 0.0572. The van der Waals surface area contributed by atoms with E-state index in [0.29, 0.717) is 25.5 Å². The molecule has 0 fully saturated rings. The lowest BCUT2D eigenvalue weighted by Gasteiger charge is -2.25. The number of anilines is 2. The van der Waals surface area contributed by atoms with Gasteiger partial charge in [-0.1, -0.05) is 6.92 Å². The Balaban J connectivity index is 3.12. The van der Waals surface area contributed by atoms with Crippen molar-refractivity contribution in [2.75, 3.05) is 43.7 Å². The molecule has 0 saturated carbocycles. The van der Waals surface area contributed by atoms with Crippen LogP contribution in [0.5, 0.6) is 0 Å². The van der Waals surface area contributed by atoms with Crippen molar-refractivity contribution in [2.45, 2.75) is 26.7 Å². The molecule has 0 bridgehead atoms. The summed E-state index contributed by atoms with van der Waals surface area (Å²) >= 11 is 0. The van der Waals surface area contributed by atoms with Crippen LogP contribution < -0.4 is 16.2 Å². The smallest absolute Gasteiger partial charge is 0.148 e. The molecule has 0 aliphatic carbocycles. The van der Waals surface area contributed by atoms with Crippen LogP contribution >= 0.6 is 0 Å². The van der Waals surface area contributed by atoms with Gasteiger partial charge in [-0.3, -0.25) is 0 Å². The van der Waals surface area contributed by atoms with E-state index < -0.39 is 0 Å². The first-order valence-electron chi connectivity index (χ1n) is 6.86. The van der Waals surface area contributed by atoms with Gasteiger partial charge in [-0.05, 0) is 13.3 Å². The topological polar surface area (TPSA) is 96.5 Å². The van der Waals surface area contributed by atoms with Crippen molar-refractivity contribution in [1.29, 1.82) is 0 Å². The van der Waals surface area contributed by atoms with Crippen molar-refractivity contribution in [3.63, 3.8) is 0 Å². The van der Waals surface area contributed by atoms with Crippen LogP contribution in [0.4, 0.5) is 11.6 Å². The van der Waals surface area contributed by atoms with Crippen molar-refractivity contribution in [2.24, 2.45) is 5.84 Å². The van der Waals surface area contributed by atoms with E-state index in [0.717, 1.165) is 30.0 Å². The Labute approximate surface area is 120 Å². The zero-order valence-electron chi connectivity index (χ0n) is 12.5. The predicted octanol–water partition coefficient (Wildman–Crippen LogP) is 0.468. The third-order valence-electron chi connectivity index (χ3n) is 3.01. The first-order valence-corrected chi connectivity index (χ1v) is 6.86. The molecule has 0 aromatic carbocycles. The number of rotatable bonds is 9. The molecule has 7 heteroatoms. The number of aliphatic hydroxyl groups excluding tert-OH is 1. The number of aromatic nitrogens is 2. The van der Waals surface area contributed by atoms with Gasteiger partial charge in [0.05, 0.1) is 13.2 Å². The molecule has 1 aromatic heterocycles. The van der Waals surface area contributed by atoms with Crippen LogP contribution in [0.1, 0.15) is 24.7 Å². The number of hydrogen-bond acceptors (Lipinski definition) is 7. The van der Waals surface area contributed by atoms with E-state index in [1.54, 1.807) is 7.11 Å². The average Bonchev–Trinajstić information content (AvgIpc) is 2.45. The van der Waals surface area contributed by atoms with Crippen molar-refractivity contribution in [3.8, 4) is 0 Å². The van der Waals surface area contributed by atoms with Gasteiger partial charge in [-0.15, -0.1) is 0 Å². The number of nitrogens with zero attached hydrogens (tertiary/aromatic N) is 3. The standard InChI is InChI=1S/C13H25N5O2/c1-4-5-11-15-12(17-14)10(2)13(16-11)18(6-8-19)7-9-20-3/h19H,4-9,14H2,1-3H3,(H,15,16,17). The van der Waals surface area contributed by atoms with Crippen molar-refractivity contribution < 1.29 is 9.84 Å². The predicted molar refractivity (Wildman–Crippen MR) is 79.7 cm³/mol. The van der Waals surface area contributed by atoms with Gasteiger partial charge in [0.25, 0.3) is 0 Å². The number of hydrogen-bond donors (Lipinski definition) is 3. The third-order valence-corrected chi connectivity index (χ3v) is 3.01. The van der Waals surface area contributed by atoms with Crippen molar-refractivity contribution in [1.82, 2.24) is 9.97 Å². The van der Waals surface area contributed by atoms with Gasteiger partial charge in [-0.25, -0.2) is 15.8 Å². The molecule has 0 amide bonds. The van der Waals surface area contributed by atoms with Crippen LogP contribution in [-0.4, -0.2) is 48.5 Å². The molecule has 0 spiro atoms. The molecule has 1 aromatic rings. The Kier molecular flexibility index (Phi) is 7.21. The average molecular weight is 283 g/mol. The molecule has 0 aliphatic rings. The molecular formula is C13H25N5O2. The minimum atomic E-state index is 0.0572. The fourth-order valence-corrected chi connectivity index (χ4v) is 1.98. The maximum absolute atomic E-state index is 9.22. The second-order valence-electron chi connectivity index (χ2n) is 4.53. The zero-order valence-corrected chi connectivity index (χ0v) is 12.5. The highest BCUT2D eigenvalue weighted by atomic mass is 16.5. The highest BCUT2D eigenvalue weighted by molar-refractivity contribution is 5.58. The molecular weight excluding hydrogens is 258 g/mol. The van der Waals surface area contributed by atoms with E-state index >= 15 is 0 Å². The van der Waals surface area contributed by atoms with E-state index in [-0.39, 0.29) is 6.61 Å². The summed E-state index contributed by atoms with van der Waals surface area (Å²) in [5.74, 6) is 7.70. The maximum atomic E-state index is 9.22. The summed E-state index contributed by atoms with van der Waals surface area (Å²) in [5, 5.41) is 9.22. The number of nitrogens with two attached hydrogens (primary N) is 1. The van der Waals surface area contributed by atoms with Gasteiger partial charge in [0, 0.05) is 32.2 Å². The summed E-state index contributed by atoms with van der Waals surface area (Å²) in [7, 11) is 1.65. The van der Waals surface area contributed by atoms with E-state index in [1.807, 2.05) is 11.8 Å². The third kappa shape index (κ3) is 4.29. The van der Waals surface area contributed by atoms with Crippen molar-refractivity contribution >= 4 is 11.6 Å². The number of aryl methyl sites for hydroxylation is 1. The summed E-state index contributed by atoms with van der Waals surface area (Å²) in [6.07, 6.45) is 1.75. The van der Waals surface area contributed by atoms with E-state index in [2.05, 4.69) is 22.3 Å². The number of ether oxygens (including phenoxy) is 1. The quantitative estimate of drug-likeness (QED) is 0.448. The Hall–Kier alpha value is -1.44. The molecule has 1 heterocycles. The fourth-order valence-electron chi connectivity index (χ4n) is 1.98. The maximum Gasteiger partial charge on any atom is 0.148 e. The van der Waals surface area contributed by atoms with Crippen molar-refractivity contribution in [3.05, 3.63) is 11.4 Å². The second kappa shape index (κ2) is 8.68. The molecule has 0 atom stereocenters.